The Balaban J connectivity index is 1.82. The number of aromatic nitrogens is 2. The summed E-state index contributed by atoms with van der Waals surface area (Å²) in [4.78, 5) is 15.4. The second-order valence-electron chi connectivity index (χ2n) is 9.07. The van der Waals surface area contributed by atoms with Crippen molar-refractivity contribution >= 4 is 17.5 Å². The molecule has 1 aliphatic heterocycles. The Morgan fingerprint density at radius 2 is 1.92 bits per heavy atom. The Morgan fingerprint density at radius 3 is 2.65 bits per heavy atom. The molecule has 3 aromatic rings. The average molecular weight is 528 g/mol. The van der Waals surface area contributed by atoms with Crippen molar-refractivity contribution in [2.24, 2.45) is 0 Å². The fourth-order valence-corrected chi connectivity index (χ4v) is 4.79. The van der Waals surface area contributed by atoms with Gasteiger partial charge in [0.05, 0.1) is 19.3 Å². The number of ether oxygens (including phenoxy) is 3. The van der Waals surface area contributed by atoms with E-state index in [1.54, 1.807) is 24.1 Å². The smallest absolute Gasteiger partial charge is 0.273 e. The minimum atomic E-state index is -0.448. The molecule has 1 atom stereocenters. The van der Waals surface area contributed by atoms with Gasteiger partial charge in [0, 0.05) is 36.4 Å². The Labute approximate surface area is 222 Å². The molecular formula is C28H34ClN3O5. The van der Waals surface area contributed by atoms with E-state index in [-0.39, 0.29) is 11.7 Å². The third-order valence-electron chi connectivity index (χ3n) is 6.48. The molecule has 8 nitrogen and oxygen atoms in total. The summed E-state index contributed by atoms with van der Waals surface area (Å²) >= 11 is 6.40. The molecule has 9 heteroatoms. The van der Waals surface area contributed by atoms with Crippen LogP contribution in [0.25, 0.3) is 11.3 Å². The van der Waals surface area contributed by atoms with Gasteiger partial charge in [0.2, 0.25) is 0 Å². The highest BCUT2D eigenvalue weighted by molar-refractivity contribution is 6.31. The van der Waals surface area contributed by atoms with E-state index in [1.165, 1.54) is 0 Å². The van der Waals surface area contributed by atoms with E-state index >= 15 is 0 Å². The predicted molar refractivity (Wildman–Crippen MR) is 143 cm³/mol. The molecule has 2 heterocycles. The van der Waals surface area contributed by atoms with Crippen molar-refractivity contribution in [1.82, 2.24) is 15.1 Å². The van der Waals surface area contributed by atoms with Gasteiger partial charge in [0.15, 0.2) is 11.5 Å². The number of unbranched alkanes of at least 4 members (excludes halogenated alkanes) is 1. The average Bonchev–Trinajstić information content (AvgIpc) is 3.42. The normalized spacial score (nSPS) is 14.8. The molecule has 0 saturated carbocycles. The first-order valence-corrected chi connectivity index (χ1v) is 13.1. The van der Waals surface area contributed by atoms with Gasteiger partial charge in [0.1, 0.15) is 17.1 Å². The largest absolute Gasteiger partial charge is 0.507 e. The molecule has 4 rings (SSSR count). The number of aromatic amines is 1. The van der Waals surface area contributed by atoms with Crippen LogP contribution in [0.15, 0.2) is 30.3 Å². The number of benzene rings is 2. The Bertz CT molecular complexity index is 1260. The van der Waals surface area contributed by atoms with Gasteiger partial charge < -0.3 is 24.2 Å². The number of rotatable bonds is 12. The minimum Gasteiger partial charge on any atom is -0.507 e. The van der Waals surface area contributed by atoms with E-state index < -0.39 is 6.04 Å². The molecule has 0 spiro atoms. The van der Waals surface area contributed by atoms with Crippen LogP contribution in [0.1, 0.15) is 66.3 Å². The number of phenolic OH excluding ortho intramolecular Hbond substituents is 1. The van der Waals surface area contributed by atoms with Crippen LogP contribution in [0.3, 0.4) is 0 Å². The maximum Gasteiger partial charge on any atom is 0.273 e. The fraction of sp³-hybridized carbons (Fsp3) is 0.429. The van der Waals surface area contributed by atoms with Gasteiger partial charge in [-0.15, -0.1) is 0 Å². The number of aryl methyl sites for hydroxylation is 1. The molecule has 1 unspecified atom stereocenters. The lowest BCUT2D eigenvalue weighted by atomic mass is 9.95. The van der Waals surface area contributed by atoms with Crippen molar-refractivity contribution in [1.29, 1.82) is 0 Å². The van der Waals surface area contributed by atoms with Crippen molar-refractivity contribution in [2.45, 2.75) is 46.1 Å². The van der Waals surface area contributed by atoms with E-state index in [0.29, 0.717) is 71.8 Å². The Hall–Kier alpha value is -3.23. The van der Waals surface area contributed by atoms with Gasteiger partial charge in [-0.25, -0.2) is 0 Å². The van der Waals surface area contributed by atoms with Gasteiger partial charge in [-0.2, -0.15) is 5.10 Å². The van der Waals surface area contributed by atoms with E-state index in [4.69, 9.17) is 25.8 Å². The molecule has 0 radical (unpaired) electrons. The Morgan fingerprint density at radius 1 is 1.11 bits per heavy atom. The van der Waals surface area contributed by atoms with Gasteiger partial charge in [0.25, 0.3) is 5.91 Å². The van der Waals surface area contributed by atoms with Crippen molar-refractivity contribution in [2.75, 3.05) is 33.5 Å². The zero-order valence-corrected chi connectivity index (χ0v) is 22.5. The SMILES string of the molecule is CCCCOc1ccc(C2c3c(-c4cc(Cl)c(C)cc4O)n[nH]c3C(=O)N2CCCOC)cc1OCC. The number of phenols is 1. The molecule has 198 valence electrons. The number of nitrogens with zero attached hydrogens (tertiary/aromatic N) is 2. The summed E-state index contributed by atoms with van der Waals surface area (Å²) in [5.41, 5.74) is 3.66. The molecule has 2 N–H and O–H groups in total. The maximum absolute atomic E-state index is 13.5. The third kappa shape index (κ3) is 5.40. The number of halogens is 1. The first-order valence-electron chi connectivity index (χ1n) is 12.7. The lowest BCUT2D eigenvalue weighted by molar-refractivity contribution is 0.0723. The van der Waals surface area contributed by atoms with Crippen molar-refractivity contribution in [3.8, 4) is 28.5 Å². The first kappa shape index (κ1) is 26.8. The summed E-state index contributed by atoms with van der Waals surface area (Å²) in [5.74, 6) is 1.19. The van der Waals surface area contributed by atoms with Crippen LogP contribution in [0.2, 0.25) is 5.02 Å². The summed E-state index contributed by atoms with van der Waals surface area (Å²) < 4.78 is 17.1. The molecule has 1 aromatic heterocycles. The third-order valence-corrected chi connectivity index (χ3v) is 6.89. The number of nitrogens with one attached hydrogen (secondary N) is 1. The van der Waals surface area contributed by atoms with Gasteiger partial charge in [-0.1, -0.05) is 31.0 Å². The highest BCUT2D eigenvalue weighted by Crippen LogP contribution is 2.46. The van der Waals surface area contributed by atoms with Crippen molar-refractivity contribution < 1.29 is 24.1 Å². The number of methoxy groups -OCH3 is 1. The lowest BCUT2D eigenvalue weighted by Gasteiger charge is -2.27. The highest BCUT2D eigenvalue weighted by Gasteiger charge is 2.42. The monoisotopic (exact) mass is 527 g/mol. The first-order chi connectivity index (χ1) is 17.9. The number of aromatic hydroxyl groups is 1. The summed E-state index contributed by atoms with van der Waals surface area (Å²) in [6.45, 7) is 7.96. The minimum absolute atomic E-state index is 0.0508. The van der Waals surface area contributed by atoms with Crippen LogP contribution >= 0.6 is 11.6 Å². The molecule has 1 amide bonds. The zero-order chi connectivity index (χ0) is 26.5. The quantitative estimate of drug-likeness (QED) is 0.284. The van der Waals surface area contributed by atoms with Crippen LogP contribution in [-0.4, -0.2) is 59.6 Å². The van der Waals surface area contributed by atoms with Crippen LogP contribution in [0, 0.1) is 6.92 Å². The van der Waals surface area contributed by atoms with Gasteiger partial charge >= 0.3 is 0 Å². The Kier molecular flexibility index (Phi) is 8.61. The molecule has 2 aromatic carbocycles. The predicted octanol–water partition coefficient (Wildman–Crippen LogP) is 5.90. The number of carbonyl (C=O) groups is 1. The highest BCUT2D eigenvalue weighted by atomic mass is 35.5. The van der Waals surface area contributed by atoms with Gasteiger partial charge in [-0.05, 0) is 62.1 Å². The van der Waals surface area contributed by atoms with Crippen LogP contribution in [0.5, 0.6) is 17.2 Å². The van der Waals surface area contributed by atoms with Crippen LogP contribution in [-0.2, 0) is 4.74 Å². The summed E-state index contributed by atoms with van der Waals surface area (Å²) in [5, 5.41) is 18.6. The van der Waals surface area contributed by atoms with Crippen molar-refractivity contribution in [3.63, 3.8) is 0 Å². The number of amides is 1. The summed E-state index contributed by atoms with van der Waals surface area (Å²) in [7, 11) is 1.64. The van der Waals surface area contributed by atoms with Gasteiger partial charge in [-0.3, -0.25) is 9.89 Å². The lowest BCUT2D eigenvalue weighted by Crippen LogP contribution is -2.31. The summed E-state index contributed by atoms with van der Waals surface area (Å²) in [6.07, 6.45) is 2.65. The van der Waals surface area contributed by atoms with Crippen LogP contribution in [0.4, 0.5) is 0 Å². The number of H-pyrrole nitrogens is 1. The van der Waals surface area contributed by atoms with E-state index in [0.717, 1.165) is 24.0 Å². The summed E-state index contributed by atoms with van der Waals surface area (Å²) in [6, 6.07) is 8.63. The molecule has 0 fully saturated rings. The molecule has 0 saturated heterocycles. The molecule has 1 aliphatic rings. The van der Waals surface area contributed by atoms with E-state index in [9.17, 15) is 9.90 Å². The topological polar surface area (TPSA) is 96.9 Å². The van der Waals surface area contributed by atoms with Crippen LogP contribution < -0.4 is 9.47 Å². The molecule has 37 heavy (non-hydrogen) atoms. The maximum atomic E-state index is 13.5. The zero-order valence-electron chi connectivity index (χ0n) is 21.8. The molecular weight excluding hydrogens is 494 g/mol. The standard InChI is InChI=1S/C28H34ClN3O5/c1-5-7-13-37-22-10-9-18(15-23(22)36-6-2)27-24-25(19-16-20(29)17(3)14-21(19)33)30-31-26(24)28(34)32(27)11-8-12-35-4/h9-10,14-16,27,33H,5-8,11-13H2,1-4H3,(H,30,31). The molecule has 0 aliphatic carbocycles. The van der Waals surface area contributed by atoms with E-state index in [1.807, 2.05) is 32.0 Å². The number of hydrogen-bond donors (Lipinski definition) is 2. The second-order valence-corrected chi connectivity index (χ2v) is 9.48. The second kappa shape index (κ2) is 11.9. The number of fused-ring (bicyclic) bond motifs is 1. The number of hydrogen-bond acceptors (Lipinski definition) is 6. The fourth-order valence-electron chi connectivity index (χ4n) is 4.62. The number of carbonyl (C=O) groups excluding carboxylic acids is 1. The molecule has 0 bridgehead atoms. The van der Waals surface area contributed by atoms with E-state index in [2.05, 4.69) is 17.1 Å². The van der Waals surface area contributed by atoms with Crippen molar-refractivity contribution in [3.05, 3.63) is 57.7 Å².